The van der Waals surface area contributed by atoms with Crippen LogP contribution in [-0.4, -0.2) is 14.8 Å². The predicted octanol–water partition coefficient (Wildman–Crippen LogP) is 3.70. The van der Waals surface area contributed by atoms with Crippen LogP contribution < -0.4 is 0 Å². The van der Waals surface area contributed by atoms with Gasteiger partial charge in [-0.25, -0.2) is 4.39 Å². The number of halogens is 1. The van der Waals surface area contributed by atoms with E-state index < -0.39 is 0 Å². The van der Waals surface area contributed by atoms with Crippen LogP contribution >= 0.6 is 11.8 Å². The largest absolute Gasteiger partial charge is 0.277 e. The molecular formula is C15H12FN3S. The minimum Gasteiger partial charge on any atom is -0.277 e. The van der Waals surface area contributed by atoms with E-state index in [1.165, 1.54) is 12.1 Å². The van der Waals surface area contributed by atoms with Crippen LogP contribution in [0.5, 0.6) is 0 Å². The predicted molar refractivity (Wildman–Crippen MR) is 77.3 cm³/mol. The summed E-state index contributed by atoms with van der Waals surface area (Å²) in [5.41, 5.74) is 2.08. The molecule has 0 spiro atoms. The van der Waals surface area contributed by atoms with Crippen molar-refractivity contribution in [1.29, 1.82) is 0 Å². The lowest BCUT2D eigenvalue weighted by Gasteiger charge is -2.05. The zero-order valence-corrected chi connectivity index (χ0v) is 11.4. The van der Waals surface area contributed by atoms with Crippen molar-refractivity contribution in [2.45, 2.75) is 10.9 Å². The number of para-hydroxylation sites is 1. The zero-order valence-electron chi connectivity index (χ0n) is 10.6. The lowest BCUT2D eigenvalue weighted by molar-refractivity contribution is 0.627. The topological polar surface area (TPSA) is 30.7 Å². The lowest BCUT2D eigenvalue weighted by Crippen LogP contribution is -1.94. The molecule has 1 aromatic heterocycles. The number of thioether (sulfide) groups is 1. The van der Waals surface area contributed by atoms with Crippen molar-refractivity contribution in [2.24, 2.45) is 0 Å². The minimum absolute atomic E-state index is 0.216. The zero-order chi connectivity index (χ0) is 13.8. The summed E-state index contributed by atoms with van der Waals surface area (Å²) < 4.78 is 14.8. The Morgan fingerprint density at radius 3 is 2.50 bits per heavy atom. The van der Waals surface area contributed by atoms with Gasteiger partial charge in [0.2, 0.25) is 0 Å². The van der Waals surface area contributed by atoms with Crippen molar-refractivity contribution in [3.05, 3.63) is 72.3 Å². The molecule has 3 nitrogen and oxygen atoms in total. The summed E-state index contributed by atoms with van der Waals surface area (Å²) in [5, 5.41) is 8.90. The summed E-state index contributed by atoms with van der Waals surface area (Å²) in [4.78, 5) is 0. The van der Waals surface area contributed by atoms with Crippen molar-refractivity contribution in [3.63, 3.8) is 0 Å². The van der Waals surface area contributed by atoms with Crippen LogP contribution in [0.15, 0.2) is 66.1 Å². The molecule has 100 valence electrons. The van der Waals surface area contributed by atoms with Crippen LogP contribution in [0.25, 0.3) is 5.69 Å². The molecule has 0 aliphatic rings. The average Bonchev–Trinajstić information content (AvgIpc) is 2.96. The Bertz CT molecular complexity index is 680. The highest BCUT2D eigenvalue weighted by Crippen LogP contribution is 2.23. The molecule has 0 N–H and O–H groups in total. The van der Waals surface area contributed by atoms with Crippen LogP contribution in [-0.2, 0) is 5.75 Å². The molecule has 2 aromatic carbocycles. The lowest BCUT2D eigenvalue weighted by atomic mass is 10.2. The summed E-state index contributed by atoms with van der Waals surface area (Å²) in [6.45, 7) is 0. The molecule has 0 atom stereocenters. The molecule has 5 heteroatoms. The minimum atomic E-state index is -0.216. The van der Waals surface area contributed by atoms with Gasteiger partial charge in [-0.05, 0) is 29.8 Å². The molecule has 0 fully saturated rings. The van der Waals surface area contributed by atoms with Crippen LogP contribution in [0.3, 0.4) is 0 Å². The van der Waals surface area contributed by atoms with E-state index in [1.54, 1.807) is 30.2 Å². The Morgan fingerprint density at radius 1 is 1.00 bits per heavy atom. The summed E-state index contributed by atoms with van der Waals surface area (Å²) in [5.74, 6) is 0.512. The maximum atomic E-state index is 12.9. The Balaban J connectivity index is 1.76. The van der Waals surface area contributed by atoms with E-state index in [0.29, 0.717) is 0 Å². The second-order valence-corrected chi connectivity index (χ2v) is 5.18. The molecule has 20 heavy (non-hydrogen) atoms. The SMILES string of the molecule is Fc1ccc(CSc2nncn2-c2ccccc2)cc1. The van der Waals surface area contributed by atoms with E-state index >= 15 is 0 Å². The second kappa shape index (κ2) is 5.88. The first-order chi connectivity index (χ1) is 9.83. The highest BCUT2D eigenvalue weighted by molar-refractivity contribution is 7.98. The van der Waals surface area contributed by atoms with Gasteiger partial charge in [0.05, 0.1) is 0 Å². The van der Waals surface area contributed by atoms with Gasteiger partial charge < -0.3 is 0 Å². The highest BCUT2D eigenvalue weighted by Gasteiger charge is 2.07. The molecule has 3 aromatic rings. The van der Waals surface area contributed by atoms with Crippen LogP contribution in [0, 0.1) is 5.82 Å². The number of hydrogen-bond acceptors (Lipinski definition) is 3. The van der Waals surface area contributed by atoms with Crippen molar-refractivity contribution in [3.8, 4) is 5.69 Å². The van der Waals surface area contributed by atoms with E-state index in [1.807, 2.05) is 34.9 Å². The number of rotatable bonds is 4. The van der Waals surface area contributed by atoms with Crippen LogP contribution in [0.4, 0.5) is 4.39 Å². The molecular weight excluding hydrogens is 273 g/mol. The Labute approximate surface area is 120 Å². The molecule has 0 saturated heterocycles. The van der Waals surface area contributed by atoms with Gasteiger partial charge in [0.25, 0.3) is 0 Å². The summed E-state index contributed by atoms with van der Waals surface area (Å²) >= 11 is 1.57. The monoisotopic (exact) mass is 285 g/mol. The van der Waals surface area contributed by atoms with Gasteiger partial charge in [-0.1, -0.05) is 42.1 Å². The van der Waals surface area contributed by atoms with E-state index in [9.17, 15) is 4.39 Å². The standard InChI is InChI=1S/C15H12FN3S/c16-13-8-6-12(7-9-13)10-20-15-18-17-11-19(15)14-4-2-1-3-5-14/h1-9,11H,10H2. The molecule has 3 rings (SSSR count). The number of benzene rings is 2. The molecule has 0 unspecified atom stereocenters. The van der Waals surface area contributed by atoms with Crippen molar-refractivity contribution >= 4 is 11.8 Å². The van der Waals surface area contributed by atoms with Gasteiger partial charge in [0.15, 0.2) is 5.16 Å². The first-order valence-corrected chi connectivity index (χ1v) is 7.14. The van der Waals surface area contributed by atoms with E-state index in [4.69, 9.17) is 0 Å². The average molecular weight is 285 g/mol. The third kappa shape index (κ3) is 2.88. The molecule has 0 saturated carbocycles. The van der Waals surface area contributed by atoms with Gasteiger partial charge in [0, 0.05) is 11.4 Å². The molecule has 0 aliphatic heterocycles. The summed E-state index contributed by atoms with van der Waals surface area (Å²) in [6, 6.07) is 16.4. The van der Waals surface area contributed by atoms with Crippen LogP contribution in [0.2, 0.25) is 0 Å². The fourth-order valence-corrected chi connectivity index (χ4v) is 2.70. The normalized spacial score (nSPS) is 10.7. The summed E-state index contributed by atoms with van der Waals surface area (Å²) in [7, 11) is 0. The van der Waals surface area contributed by atoms with Gasteiger partial charge in [0.1, 0.15) is 12.1 Å². The van der Waals surface area contributed by atoms with Crippen molar-refractivity contribution in [2.75, 3.05) is 0 Å². The van der Waals surface area contributed by atoms with Crippen molar-refractivity contribution in [1.82, 2.24) is 14.8 Å². The van der Waals surface area contributed by atoms with Crippen molar-refractivity contribution < 1.29 is 4.39 Å². The third-order valence-electron chi connectivity index (χ3n) is 2.83. The Hall–Kier alpha value is -2.14. The van der Waals surface area contributed by atoms with Gasteiger partial charge in [-0.15, -0.1) is 10.2 Å². The fourth-order valence-electron chi connectivity index (χ4n) is 1.82. The van der Waals surface area contributed by atoms with Crippen LogP contribution in [0.1, 0.15) is 5.56 Å². The number of nitrogens with zero attached hydrogens (tertiary/aromatic N) is 3. The van der Waals surface area contributed by atoms with Gasteiger partial charge in [-0.2, -0.15) is 0 Å². The first-order valence-electron chi connectivity index (χ1n) is 6.15. The van der Waals surface area contributed by atoms with Gasteiger partial charge >= 0.3 is 0 Å². The molecule has 0 aliphatic carbocycles. The maximum Gasteiger partial charge on any atom is 0.195 e. The first kappa shape index (κ1) is 12.9. The quantitative estimate of drug-likeness (QED) is 0.685. The fraction of sp³-hybridized carbons (Fsp3) is 0.0667. The Kier molecular flexibility index (Phi) is 3.78. The van der Waals surface area contributed by atoms with Gasteiger partial charge in [-0.3, -0.25) is 4.57 Å². The molecule has 0 bridgehead atoms. The summed E-state index contributed by atoms with van der Waals surface area (Å²) in [6.07, 6.45) is 1.70. The van der Waals surface area contributed by atoms with E-state index in [-0.39, 0.29) is 5.82 Å². The number of hydrogen-bond donors (Lipinski definition) is 0. The second-order valence-electron chi connectivity index (χ2n) is 4.23. The van der Waals surface area contributed by atoms with E-state index in [2.05, 4.69) is 10.2 Å². The highest BCUT2D eigenvalue weighted by atomic mass is 32.2. The molecule has 0 amide bonds. The number of aromatic nitrogens is 3. The molecule has 0 radical (unpaired) electrons. The smallest absolute Gasteiger partial charge is 0.195 e. The third-order valence-corrected chi connectivity index (χ3v) is 3.85. The Morgan fingerprint density at radius 2 is 1.75 bits per heavy atom. The maximum absolute atomic E-state index is 12.9. The van der Waals surface area contributed by atoms with E-state index in [0.717, 1.165) is 22.2 Å². The molecule has 1 heterocycles.